The van der Waals surface area contributed by atoms with Crippen molar-refractivity contribution < 1.29 is 4.80 Å². The number of benzene rings is 3. The summed E-state index contributed by atoms with van der Waals surface area (Å²) in [6, 6.07) is 30.7. The molecule has 0 fully saturated rings. The van der Waals surface area contributed by atoms with Crippen molar-refractivity contribution in [3.63, 3.8) is 0 Å². The molecule has 0 aliphatic carbocycles. The topological polar surface area (TPSA) is 20.2 Å². The molecule has 1 nitrogen and oxygen atoms in total. The Morgan fingerprint density at radius 3 is 1.54 bits per heavy atom. The second kappa shape index (κ2) is 9.31. The van der Waals surface area contributed by atoms with Gasteiger partial charge in [0.25, 0.3) is 0 Å². The van der Waals surface area contributed by atoms with Crippen LogP contribution in [0.25, 0.3) is 17.7 Å². The number of hydrogen-bond acceptors (Lipinski definition) is 1. The molecule has 0 radical (unpaired) electrons. The quantitative estimate of drug-likeness (QED) is 0.376. The van der Waals surface area contributed by atoms with E-state index in [9.17, 15) is 4.80 Å². The summed E-state index contributed by atoms with van der Waals surface area (Å²) in [5, 5.41) is 1.01. The van der Waals surface area contributed by atoms with Crippen LogP contribution >= 0.6 is 0 Å². The third-order valence-corrected chi connectivity index (χ3v) is 6.27. The van der Waals surface area contributed by atoms with Crippen molar-refractivity contribution in [3.05, 3.63) is 125 Å². The highest BCUT2D eigenvalue weighted by atomic mass is 28.4. The predicted molar refractivity (Wildman–Crippen MR) is 124 cm³/mol. The molecule has 3 aromatic rings. The molecule has 3 aromatic carbocycles. The minimum Gasteiger partial charge on any atom is -0.428 e. The van der Waals surface area contributed by atoms with Crippen LogP contribution in [-0.2, 0) is 0 Å². The van der Waals surface area contributed by atoms with Crippen LogP contribution in [0.15, 0.2) is 108 Å². The van der Waals surface area contributed by atoms with E-state index in [1.54, 1.807) is 0 Å². The monoisotopic (exact) mass is 382 g/mol. The maximum absolute atomic E-state index is 11.1. The molecule has 0 amide bonds. The van der Waals surface area contributed by atoms with Gasteiger partial charge in [-0.05, 0) is 40.6 Å². The summed E-state index contributed by atoms with van der Waals surface area (Å²) in [6.45, 7) is 3.94. The van der Waals surface area contributed by atoms with E-state index in [1.165, 1.54) is 0 Å². The summed E-state index contributed by atoms with van der Waals surface area (Å²) in [5.74, 6) is 0. The molecule has 0 aromatic heterocycles. The first-order valence-electron chi connectivity index (χ1n) is 9.53. The van der Waals surface area contributed by atoms with Gasteiger partial charge in [-0.15, -0.1) is 0 Å². The van der Waals surface area contributed by atoms with Crippen LogP contribution in [-0.4, -0.2) is 13.1 Å². The number of rotatable bonds is 6. The van der Waals surface area contributed by atoms with Gasteiger partial charge in [0.15, 0.2) is 0 Å². The summed E-state index contributed by atoms with van der Waals surface area (Å²) in [7, 11) is -2.58. The summed E-state index contributed by atoms with van der Waals surface area (Å²) < 4.78 is 0. The second-order valence-electron chi connectivity index (χ2n) is 7.24. The van der Waals surface area contributed by atoms with Crippen LogP contribution in [0.2, 0.25) is 13.1 Å². The zero-order chi connectivity index (χ0) is 19.8. The van der Waals surface area contributed by atoms with Crippen molar-refractivity contribution >= 4 is 26.0 Å². The molecule has 0 unspecified atom stereocenters. The summed E-state index contributed by atoms with van der Waals surface area (Å²) in [4.78, 5) is 11.1. The normalized spacial score (nSPS) is 13.1. The molecule has 0 aliphatic heterocycles. The molecule has 0 spiro atoms. The largest absolute Gasteiger partial charge is 0.428 e. The first-order valence-corrected chi connectivity index (χ1v) is 12.5. The maximum atomic E-state index is 11.1. The Morgan fingerprint density at radius 2 is 1.07 bits per heavy atom. The zero-order valence-corrected chi connectivity index (χ0v) is 17.4. The van der Waals surface area contributed by atoms with E-state index in [4.69, 9.17) is 0 Å². The van der Waals surface area contributed by atoms with Crippen LogP contribution < -0.4 is 0 Å². The SMILES string of the molecule is C[Si](C)(O)C(/C=C\c1ccccc1)=C(\C=C\c1ccccc1)c1ccccc1. The van der Waals surface area contributed by atoms with Crippen LogP contribution in [0.1, 0.15) is 16.7 Å². The molecule has 28 heavy (non-hydrogen) atoms. The summed E-state index contributed by atoms with van der Waals surface area (Å²) in [5.41, 5.74) is 4.44. The van der Waals surface area contributed by atoms with Crippen molar-refractivity contribution in [2.45, 2.75) is 13.1 Å². The third-order valence-electron chi connectivity index (χ3n) is 4.52. The number of allylic oxidation sites excluding steroid dienone is 4. The van der Waals surface area contributed by atoms with Gasteiger partial charge in [0, 0.05) is 0 Å². The molecule has 2 heteroatoms. The maximum Gasteiger partial charge on any atom is 0.214 e. The van der Waals surface area contributed by atoms with Crippen LogP contribution in [0.4, 0.5) is 0 Å². The lowest BCUT2D eigenvalue weighted by molar-refractivity contribution is 0.564. The van der Waals surface area contributed by atoms with Gasteiger partial charge >= 0.3 is 0 Å². The minimum atomic E-state index is -2.58. The Balaban J connectivity index is 2.12. The molecular formula is C26H26OSi. The Kier molecular flexibility index (Phi) is 6.59. The predicted octanol–water partition coefficient (Wildman–Crippen LogP) is 6.60. The van der Waals surface area contributed by atoms with Crippen LogP contribution in [0.3, 0.4) is 0 Å². The number of hydrogen-bond donors (Lipinski definition) is 1. The third kappa shape index (κ3) is 5.53. The molecular weight excluding hydrogens is 356 g/mol. The Morgan fingerprint density at radius 1 is 0.643 bits per heavy atom. The first-order chi connectivity index (χ1) is 13.5. The van der Waals surface area contributed by atoms with E-state index < -0.39 is 8.32 Å². The fourth-order valence-corrected chi connectivity index (χ4v) is 4.45. The summed E-state index contributed by atoms with van der Waals surface area (Å²) >= 11 is 0. The van der Waals surface area contributed by atoms with Gasteiger partial charge < -0.3 is 4.80 Å². The lowest BCUT2D eigenvalue weighted by atomic mass is 10.0. The van der Waals surface area contributed by atoms with Crippen molar-refractivity contribution in [2.24, 2.45) is 0 Å². The second-order valence-corrected chi connectivity index (χ2v) is 10.9. The lowest BCUT2D eigenvalue weighted by Gasteiger charge is -2.20. The molecule has 3 rings (SSSR count). The fraction of sp³-hybridized carbons (Fsp3) is 0.0769. The zero-order valence-electron chi connectivity index (χ0n) is 16.4. The van der Waals surface area contributed by atoms with Crippen LogP contribution in [0.5, 0.6) is 0 Å². The standard InChI is InChI=1S/C26H26OSi/c1-28(2,27)26(21-19-23-14-8-4-9-15-23)25(24-16-10-5-11-17-24)20-18-22-12-6-3-7-13-22/h3-21,27H,1-2H3/b20-18+,21-19-,26-25+. The molecule has 1 N–H and O–H groups in total. The average Bonchev–Trinajstić information content (AvgIpc) is 2.71. The van der Waals surface area contributed by atoms with Crippen LogP contribution in [0, 0.1) is 0 Å². The molecule has 0 atom stereocenters. The van der Waals surface area contributed by atoms with E-state index in [1.807, 2.05) is 67.7 Å². The molecule has 0 saturated carbocycles. The summed E-state index contributed by atoms with van der Waals surface area (Å²) in [6.07, 6.45) is 8.40. The average molecular weight is 383 g/mol. The Labute approximate surface area is 169 Å². The van der Waals surface area contributed by atoms with Gasteiger partial charge in [-0.25, -0.2) is 0 Å². The molecule has 0 saturated heterocycles. The highest BCUT2D eigenvalue weighted by molar-refractivity contribution is 6.79. The van der Waals surface area contributed by atoms with E-state index in [-0.39, 0.29) is 0 Å². The molecule has 0 bridgehead atoms. The van der Waals surface area contributed by atoms with E-state index in [2.05, 4.69) is 60.7 Å². The van der Waals surface area contributed by atoms with Gasteiger partial charge in [0.05, 0.1) is 0 Å². The smallest absolute Gasteiger partial charge is 0.214 e. The highest BCUT2D eigenvalue weighted by Crippen LogP contribution is 2.28. The van der Waals surface area contributed by atoms with Crippen molar-refractivity contribution in [2.75, 3.05) is 0 Å². The Bertz CT molecular complexity index is 963. The fourth-order valence-electron chi connectivity index (χ4n) is 3.07. The highest BCUT2D eigenvalue weighted by Gasteiger charge is 2.24. The molecule has 0 heterocycles. The van der Waals surface area contributed by atoms with E-state index in [0.29, 0.717) is 0 Å². The first kappa shape index (κ1) is 19.8. The van der Waals surface area contributed by atoms with Gasteiger partial charge in [0.1, 0.15) is 0 Å². The lowest BCUT2D eigenvalue weighted by Crippen LogP contribution is -2.28. The minimum absolute atomic E-state index is 1.01. The van der Waals surface area contributed by atoms with Gasteiger partial charge in [-0.2, -0.15) is 0 Å². The van der Waals surface area contributed by atoms with E-state index in [0.717, 1.165) is 27.5 Å². The molecule has 140 valence electrons. The van der Waals surface area contributed by atoms with Gasteiger partial charge in [-0.1, -0.05) is 115 Å². The van der Waals surface area contributed by atoms with Crippen molar-refractivity contribution in [1.29, 1.82) is 0 Å². The van der Waals surface area contributed by atoms with Gasteiger partial charge in [-0.3, -0.25) is 0 Å². The van der Waals surface area contributed by atoms with E-state index >= 15 is 0 Å². The van der Waals surface area contributed by atoms with Gasteiger partial charge in [0.2, 0.25) is 8.32 Å². The van der Waals surface area contributed by atoms with Crippen molar-refractivity contribution in [3.8, 4) is 0 Å². The molecule has 0 aliphatic rings. The van der Waals surface area contributed by atoms with Crippen molar-refractivity contribution in [1.82, 2.24) is 0 Å². The Hall–Kier alpha value is -2.94.